The first kappa shape index (κ1) is 53.4. The van der Waals surface area contributed by atoms with Gasteiger partial charge in [-0.1, -0.05) is 72.8 Å². The summed E-state index contributed by atoms with van der Waals surface area (Å²) in [5.74, 6) is -5.52. The summed E-state index contributed by atoms with van der Waals surface area (Å²) in [6.07, 6.45) is 14.5. The van der Waals surface area contributed by atoms with Gasteiger partial charge in [0.05, 0.1) is 29.1 Å². The molecule has 0 spiro atoms. The zero-order chi connectivity index (χ0) is 53.5. The maximum Gasteiger partial charge on any atom is 0.289 e. The first-order valence-corrected chi connectivity index (χ1v) is 27.6. The Morgan fingerprint density at radius 2 is 1.56 bits per heavy atom. The van der Waals surface area contributed by atoms with Crippen LogP contribution in [-0.4, -0.2) is 122 Å². The fraction of sp³-hybridized carbons (Fsp3) is 0.643. The minimum Gasteiger partial charge on any atom is -0.347 e. The molecule has 10 atom stereocenters. The highest BCUT2D eigenvalue weighted by Crippen LogP contribution is 2.46. The lowest BCUT2D eigenvalue weighted by Crippen LogP contribution is -2.62. The molecule has 2 saturated heterocycles. The molecular formula is C56H73N9O10. The van der Waals surface area contributed by atoms with E-state index in [1.165, 1.54) is 6.20 Å². The summed E-state index contributed by atoms with van der Waals surface area (Å²) < 4.78 is 0. The van der Waals surface area contributed by atoms with Crippen LogP contribution in [0.4, 0.5) is 0 Å². The molecule has 402 valence electrons. The van der Waals surface area contributed by atoms with Crippen LogP contribution in [0.3, 0.4) is 0 Å². The van der Waals surface area contributed by atoms with Crippen LogP contribution in [0.1, 0.15) is 198 Å². The predicted molar refractivity (Wildman–Crippen MR) is 272 cm³/mol. The van der Waals surface area contributed by atoms with Crippen molar-refractivity contribution >= 4 is 58.9 Å². The van der Waals surface area contributed by atoms with Gasteiger partial charge in [0.1, 0.15) is 29.9 Å². The molecule has 5 N–H and O–H groups in total. The van der Waals surface area contributed by atoms with Crippen molar-refractivity contribution in [2.45, 2.75) is 192 Å². The summed E-state index contributed by atoms with van der Waals surface area (Å²) in [6, 6.07) is 0.270. The second-order valence-corrected chi connectivity index (χ2v) is 23.6. The molecular weight excluding hydrogens is 959 g/mol. The van der Waals surface area contributed by atoms with E-state index in [0.717, 1.165) is 86.8 Å². The maximum atomic E-state index is 15.0. The normalized spacial score (nSPS) is 27.1. The summed E-state index contributed by atoms with van der Waals surface area (Å²) in [6.45, 7) is 9.90. The summed E-state index contributed by atoms with van der Waals surface area (Å²) in [7, 11) is 0. The van der Waals surface area contributed by atoms with Gasteiger partial charge in [-0.15, -0.1) is 0 Å². The molecule has 9 amide bonds. The van der Waals surface area contributed by atoms with Crippen LogP contribution in [-0.2, 0) is 33.6 Å². The van der Waals surface area contributed by atoms with Crippen LogP contribution in [0, 0.1) is 29.1 Å². The molecule has 19 heteroatoms. The third kappa shape index (κ3) is 11.3. The number of carbonyl (C=O) groups is 10. The fourth-order valence-corrected chi connectivity index (χ4v) is 13.0. The number of piperidine rings is 1. The van der Waals surface area contributed by atoms with Crippen LogP contribution in [0.25, 0.3) is 0 Å². The van der Waals surface area contributed by atoms with E-state index in [1.54, 1.807) is 23.2 Å². The summed E-state index contributed by atoms with van der Waals surface area (Å²) >= 11 is 0. The van der Waals surface area contributed by atoms with Crippen molar-refractivity contribution in [1.29, 1.82) is 0 Å². The zero-order valence-electron chi connectivity index (χ0n) is 43.9. The van der Waals surface area contributed by atoms with Crippen molar-refractivity contribution < 1.29 is 47.9 Å². The van der Waals surface area contributed by atoms with Crippen molar-refractivity contribution in [1.82, 2.24) is 46.4 Å². The lowest BCUT2D eigenvalue weighted by Gasteiger charge is -2.38. The molecule has 19 nitrogen and oxygen atoms in total. The number of aromatic nitrogens is 2. The summed E-state index contributed by atoms with van der Waals surface area (Å²) in [5.41, 5.74) is 1.38. The smallest absolute Gasteiger partial charge is 0.289 e. The third-order valence-electron chi connectivity index (χ3n) is 17.3. The maximum absolute atomic E-state index is 15.0. The molecule has 1 aromatic heterocycles. The fourth-order valence-electron chi connectivity index (χ4n) is 13.0. The van der Waals surface area contributed by atoms with Gasteiger partial charge in [0, 0.05) is 31.1 Å². The Morgan fingerprint density at radius 1 is 0.813 bits per heavy atom. The van der Waals surface area contributed by atoms with Gasteiger partial charge >= 0.3 is 0 Å². The molecule has 9 rings (SSSR count). The Labute approximate surface area is 438 Å². The Kier molecular flexibility index (Phi) is 15.7. The largest absolute Gasteiger partial charge is 0.347 e. The van der Waals surface area contributed by atoms with Crippen LogP contribution in [0.15, 0.2) is 30.6 Å². The number of carbonyl (C=O) groups excluding carboxylic acids is 10. The van der Waals surface area contributed by atoms with Gasteiger partial charge in [0.2, 0.25) is 35.3 Å². The number of ketones is 1. The third-order valence-corrected chi connectivity index (χ3v) is 17.3. The van der Waals surface area contributed by atoms with E-state index in [0.29, 0.717) is 25.8 Å². The molecule has 2 aromatic rings. The Bertz CT molecular complexity index is 2620. The second kappa shape index (κ2) is 22.1. The van der Waals surface area contributed by atoms with Gasteiger partial charge < -0.3 is 26.2 Å². The first-order valence-electron chi connectivity index (χ1n) is 27.6. The van der Waals surface area contributed by atoms with Crippen molar-refractivity contribution in [3.63, 3.8) is 0 Å². The molecule has 0 radical (unpaired) electrons. The van der Waals surface area contributed by atoms with Crippen molar-refractivity contribution in [2.24, 2.45) is 29.1 Å². The summed E-state index contributed by atoms with van der Waals surface area (Å²) in [5, 5.41) is 13.9. The number of imide groups is 2. The number of likely N-dealkylation sites (tertiary alicyclic amines) is 1. The highest BCUT2D eigenvalue weighted by Gasteiger charge is 2.53. The van der Waals surface area contributed by atoms with E-state index in [4.69, 9.17) is 4.98 Å². The number of hydrogen-bond acceptors (Lipinski definition) is 12. The molecule has 3 aliphatic heterocycles. The van der Waals surface area contributed by atoms with E-state index in [1.807, 2.05) is 33.8 Å². The SMILES string of the molecule is CCC[C@@H](NC(=O)[C@@H]1[C@H]2CCC[C@H]2CN1C(=O)[C@@H](NC(=O)[C@@H](NC(=O)c1cnc([C@H]2CCC(c3ccc4c(c3)C(=O)N(C3CCC(=O)NC3=O)C4=O)C(C)C2)cn1)C1CCCCC1)C(C)(C)C)C(=O)C(=O)NC1CC1. The zero-order valence-corrected chi connectivity index (χ0v) is 43.9. The standard InChI is InChI=1S/C56H73N9O10/c1-6-11-39(46(67)52(72)59-34-18-19-34)60-51(71)45-36-15-10-14-33(36)28-64(45)55(75)47(56(3,4)5)63-50(70)44(30-12-8-7-9-13-30)62-48(68)41-27-57-40(26-58-41)32-17-20-35(29(2)24-32)31-16-21-37-38(25-31)54(74)65(53(37)73)42-22-23-43(66)61-49(42)69/h16,21,25-27,29-30,32-36,39,42,44-45,47H,6-15,17-20,22-24,28H2,1-5H3,(H,59,72)(H,60,71)(H,62,68)(H,63,70)(H,61,66,69)/t29?,32-,33-,35?,36-,39+,42?,44-,45-,47+/m0/s1. The van der Waals surface area contributed by atoms with E-state index in [2.05, 4.69) is 38.5 Å². The van der Waals surface area contributed by atoms with Crippen LogP contribution in [0.5, 0.6) is 0 Å². The number of nitrogens with one attached hydrogen (secondary N) is 5. The van der Waals surface area contributed by atoms with Gasteiger partial charge in [-0.2, -0.15) is 0 Å². The highest BCUT2D eigenvalue weighted by atomic mass is 16.2. The number of amides is 9. The average Bonchev–Trinajstić information content (AvgIpc) is 3.87. The van der Waals surface area contributed by atoms with E-state index in [-0.39, 0.29) is 77.6 Å². The van der Waals surface area contributed by atoms with Crippen molar-refractivity contribution in [3.05, 3.63) is 58.7 Å². The second-order valence-electron chi connectivity index (χ2n) is 23.6. The quantitative estimate of drug-likeness (QED) is 0.115. The molecule has 3 unspecified atom stereocenters. The van der Waals surface area contributed by atoms with E-state index in [9.17, 15) is 47.9 Å². The number of rotatable bonds is 16. The number of benzene rings is 1. The van der Waals surface area contributed by atoms with Gasteiger partial charge in [-0.3, -0.25) is 63.1 Å². The Hall–Kier alpha value is -6.40. The molecule has 4 aliphatic carbocycles. The lowest BCUT2D eigenvalue weighted by molar-refractivity contribution is -0.146. The molecule has 4 saturated carbocycles. The molecule has 1 aromatic carbocycles. The van der Waals surface area contributed by atoms with E-state index >= 15 is 0 Å². The molecule has 0 bridgehead atoms. The van der Waals surface area contributed by atoms with Gasteiger partial charge in [0.25, 0.3) is 23.6 Å². The molecule has 75 heavy (non-hydrogen) atoms. The topological polar surface area (TPSA) is 263 Å². The summed E-state index contributed by atoms with van der Waals surface area (Å²) in [4.78, 5) is 147. The van der Waals surface area contributed by atoms with Gasteiger partial charge in [-0.25, -0.2) is 4.98 Å². The number of nitrogens with zero attached hydrogens (tertiary/aromatic N) is 4. The first-order chi connectivity index (χ1) is 35.8. The lowest BCUT2D eigenvalue weighted by atomic mass is 9.71. The predicted octanol–water partition coefficient (Wildman–Crippen LogP) is 4.53. The minimum atomic E-state index is -1.07. The molecule has 6 fully saturated rings. The van der Waals surface area contributed by atoms with Crippen LogP contribution in [0.2, 0.25) is 0 Å². The Balaban J connectivity index is 0.851. The molecule has 7 aliphatic rings. The molecule has 4 heterocycles. The highest BCUT2D eigenvalue weighted by molar-refractivity contribution is 6.38. The van der Waals surface area contributed by atoms with E-state index < -0.39 is 94.6 Å². The van der Waals surface area contributed by atoms with Crippen molar-refractivity contribution in [3.8, 4) is 0 Å². The number of fused-ring (bicyclic) bond motifs is 2. The van der Waals surface area contributed by atoms with Crippen LogP contribution < -0.4 is 26.6 Å². The monoisotopic (exact) mass is 1030 g/mol. The number of Topliss-reactive ketones (excluding diaryl/α,β-unsaturated/α-hetero) is 1. The van der Waals surface area contributed by atoms with Crippen molar-refractivity contribution in [2.75, 3.05) is 6.54 Å². The Morgan fingerprint density at radius 3 is 2.23 bits per heavy atom. The average molecular weight is 1030 g/mol. The van der Waals surface area contributed by atoms with Gasteiger partial charge in [0.15, 0.2) is 0 Å². The minimum absolute atomic E-state index is 0.0197. The van der Waals surface area contributed by atoms with Crippen LogP contribution >= 0.6 is 0 Å². The number of hydrogen-bond donors (Lipinski definition) is 5. The van der Waals surface area contributed by atoms with Gasteiger partial charge in [-0.05, 0) is 123 Å².